The molecule has 1 aliphatic rings. The van der Waals surface area contributed by atoms with Crippen LogP contribution in [-0.2, 0) is 0 Å². The minimum atomic E-state index is 0.552. The fourth-order valence-electron chi connectivity index (χ4n) is 1.64. The predicted molar refractivity (Wildman–Crippen MR) is 63.1 cm³/mol. The monoisotopic (exact) mass is 226 g/mol. The molecule has 2 rings (SSSR count). The lowest BCUT2D eigenvalue weighted by molar-refractivity contribution is 0.414. The van der Waals surface area contributed by atoms with Gasteiger partial charge in [0.05, 0.1) is 23.9 Å². The lowest BCUT2D eigenvalue weighted by Gasteiger charge is -2.37. The Balaban J connectivity index is 2.19. The van der Waals surface area contributed by atoms with Crippen LogP contribution in [0, 0.1) is 0 Å². The Morgan fingerprint density at radius 1 is 1.47 bits per heavy atom. The first-order valence-corrected chi connectivity index (χ1v) is 5.37. The summed E-state index contributed by atoms with van der Waals surface area (Å²) in [7, 11) is 3.71. The first-order chi connectivity index (χ1) is 7.22. The van der Waals surface area contributed by atoms with Crippen LogP contribution >= 0.6 is 11.6 Å². The molecular weight excluding hydrogens is 212 g/mol. The molecule has 1 aromatic rings. The average molecular weight is 227 g/mol. The van der Waals surface area contributed by atoms with E-state index in [0.717, 1.165) is 29.5 Å². The van der Waals surface area contributed by atoms with Crippen LogP contribution in [0.4, 0.5) is 5.69 Å². The number of likely N-dealkylation sites (N-methyl/N-ethyl adjacent to an activating group) is 1. The summed E-state index contributed by atoms with van der Waals surface area (Å²) in [5.74, 6) is 0.795. The molecule has 0 amide bonds. The van der Waals surface area contributed by atoms with Crippen LogP contribution in [0.25, 0.3) is 0 Å². The second-order valence-electron chi connectivity index (χ2n) is 3.74. The molecule has 0 unspecified atom stereocenters. The molecule has 4 heteroatoms. The number of nitrogens with zero attached hydrogens (tertiary/aromatic N) is 1. The molecule has 0 aliphatic carbocycles. The molecule has 1 fully saturated rings. The van der Waals surface area contributed by atoms with Crippen molar-refractivity contribution in [3.63, 3.8) is 0 Å². The summed E-state index contributed by atoms with van der Waals surface area (Å²) in [6.45, 7) is 2.05. The Bertz CT molecular complexity index is 352. The topological polar surface area (TPSA) is 24.5 Å². The lowest BCUT2D eigenvalue weighted by Crippen LogP contribution is -2.56. The van der Waals surface area contributed by atoms with Crippen LogP contribution in [0.3, 0.4) is 0 Å². The number of anilines is 1. The zero-order chi connectivity index (χ0) is 10.8. The first kappa shape index (κ1) is 10.6. The smallest absolute Gasteiger partial charge is 0.120 e. The van der Waals surface area contributed by atoms with Crippen LogP contribution in [0.15, 0.2) is 18.2 Å². The average Bonchev–Trinajstić information content (AvgIpc) is 2.14. The van der Waals surface area contributed by atoms with Gasteiger partial charge in [-0.05, 0) is 12.1 Å². The second kappa shape index (κ2) is 4.29. The Morgan fingerprint density at radius 3 is 2.67 bits per heavy atom. The number of halogens is 1. The fourth-order valence-corrected chi connectivity index (χ4v) is 1.95. The zero-order valence-corrected chi connectivity index (χ0v) is 9.71. The predicted octanol–water partition coefficient (Wildman–Crippen LogP) is 1.76. The van der Waals surface area contributed by atoms with E-state index >= 15 is 0 Å². The number of ether oxygens (including phenoxy) is 1. The zero-order valence-electron chi connectivity index (χ0n) is 8.96. The van der Waals surface area contributed by atoms with Gasteiger partial charge in [-0.15, -0.1) is 0 Å². The van der Waals surface area contributed by atoms with Gasteiger partial charge in [0.2, 0.25) is 0 Å². The van der Waals surface area contributed by atoms with Crippen molar-refractivity contribution >= 4 is 17.3 Å². The van der Waals surface area contributed by atoms with Crippen LogP contribution in [-0.4, -0.2) is 33.3 Å². The maximum Gasteiger partial charge on any atom is 0.120 e. The highest BCUT2D eigenvalue weighted by Crippen LogP contribution is 2.30. The van der Waals surface area contributed by atoms with Crippen molar-refractivity contribution in [1.82, 2.24) is 5.32 Å². The molecular formula is C11H15ClN2O. The number of methoxy groups -OCH3 is 1. The largest absolute Gasteiger partial charge is 0.497 e. The third-order valence-corrected chi connectivity index (χ3v) is 3.15. The summed E-state index contributed by atoms with van der Waals surface area (Å²) in [6.07, 6.45) is 0. The molecule has 0 bridgehead atoms. The molecule has 0 spiro atoms. The number of hydrogen-bond acceptors (Lipinski definition) is 3. The maximum atomic E-state index is 6.19. The van der Waals surface area contributed by atoms with Crippen molar-refractivity contribution in [1.29, 1.82) is 0 Å². The Hall–Kier alpha value is -0.930. The first-order valence-electron chi connectivity index (χ1n) is 4.99. The highest BCUT2D eigenvalue weighted by molar-refractivity contribution is 6.33. The van der Waals surface area contributed by atoms with Crippen LogP contribution < -0.4 is 15.0 Å². The molecule has 1 aliphatic heterocycles. The van der Waals surface area contributed by atoms with E-state index in [1.54, 1.807) is 7.11 Å². The maximum absolute atomic E-state index is 6.19. The molecule has 1 N–H and O–H groups in total. The Morgan fingerprint density at radius 2 is 2.20 bits per heavy atom. The number of benzene rings is 1. The Labute approximate surface area is 95.0 Å². The molecule has 0 atom stereocenters. The molecule has 0 radical (unpaired) electrons. The van der Waals surface area contributed by atoms with E-state index in [9.17, 15) is 0 Å². The Kier molecular flexibility index (Phi) is 3.03. The number of nitrogens with one attached hydrogen (secondary N) is 1. The summed E-state index contributed by atoms with van der Waals surface area (Å²) >= 11 is 6.19. The summed E-state index contributed by atoms with van der Waals surface area (Å²) < 4.78 is 5.12. The van der Waals surface area contributed by atoms with Crippen molar-refractivity contribution in [2.24, 2.45) is 0 Å². The van der Waals surface area contributed by atoms with Crippen molar-refractivity contribution in [2.45, 2.75) is 6.04 Å². The fraction of sp³-hybridized carbons (Fsp3) is 0.455. The van der Waals surface area contributed by atoms with Crippen molar-refractivity contribution in [3.8, 4) is 5.75 Å². The quantitative estimate of drug-likeness (QED) is 0.850. The highest BCUT2D eigenvalue weighted by atomic mass is 35.5. The van der Waals surface area contributed by atoms with Gasteiger partial charge in [0.1, 0.15) is 5.75 Å². The molecule has 1 saturated heterocycles. The number of hydrogen-bond donors (Lipinski definition) is 1. The van der Waals surface area contributed by atoms with E-state index in [-0.39, 0.29) is 0 Å². The van der Waals surface area contributed by atoms with E-state index in [2.05, 4.69) is 17.3 Å². The van der Waals surface area contributed by atoms with Gasteiger partial charge in [-0.1, -0.05) is 11.6 Å². The SMILES string of the molecule is COc1ccc(N(C)C2CNC2)c(Cl)c1. The lowest BCUT2D eigenvalue weighted by atomic mass is 10.1. The van der Waals surface area contributed by atoms with Gasteiger partial charge in [-0.2, -0.15) is 0 Å². The van der Waals surface area contributed by atoms with E-state index in [1.807, 2.05) is 18.2 Å². The van der Waals surface area contributed by atoms with E-state index in [0.29, 0.717) is 6.04 Å². The van der Waals surface area contributed by atoms with Crippen LogP contribution in [0.5, 0.6) is 5.75 Å². The summed E-state index contributed by atoms with van der Waals surface area (Å²) in [6, 6.07) is 6.33. The van der Waals surface area contributed by atoms with Crippen molar-refractivity contribution < 1.29 is 4.74 Å². The van der Waals surface area contributed by atoms with Crippen molar-refractivity contribution in [2.75, 3.05) is 32.1 Å². The highest BCUT2D eigenvalue weighted by Gasteiger charge is 2.23. The van der Waals surface area contributed by atoms with Gasteiger partial charge in [0.25, 0.3) is 0 Å². The van der Waals surface area contributed by atoms with Gasteiger partial charge < -0.3 is 15.0 Å². The van der Waals surface area contributed by atoms with Crippen LogP contribution in [0.1, 0.15) is 0 Å². The molecule has 1 heterocycles. The molecule has 0 saturated carbocycles. The second-order valence-corrected chi connectivity index (χ2v) is 4.15. The van der Waals surface area contributed by atoms with E-state index in [1.165, 1.54) is 0 Å². The van der Waals surface area contributed by atoms with Gasteiger partial charge in [-0.25, -0.2) is 0 Å². The molecule has 1 aromatic carbocycles. The third-order valence-electron chi connectivity index (χ3n) is 2.84. The molecule has 3 nitrogen and oxygen atoms in total. The molecule has 0 aromatic heterocycles. The van der Waals surface area contributed by atoms with Gasteiger partial charge >= 0.3 is 0 Å². The summed E-state index contributed by atoms with van der Waals surface area (Å²) in [4.78, 5) is 2.21. The summed E-state index contributed by atoms with van der Waals surface area (Å²) in [5, 5.41) is 3.98. The van der Waals surface area contributed by atoms with Crippen LogP contribution in [0.2, 0.25) is 5.02 Å². The number of rotatable bonds is 3. The van der Waals surface area contributed by atoms with E-state index in [4.69, 9.17) is 16.3 Å². The minimum absolute atomic E-state index is 0.552. The van der Waals surface area contributed by atoms with E-state index < -0.39 is 0 Å². The minimum Gasteiger partial charge on any atom is -0.497 e. The third kappa shape index (κ3) is 2.03. The normalized spacial score (nSPS) is 15.9. The van der Waals surface area contributed by atoms with Crippen molar-refractivity contribution in [3.05, 3.63) is 23.2 Å². The molecule has 82 valence electrons. The molecule has 15 heavy (non-hydrogen) atoms. The standard InChI is InChI=1S/C11H15ClN2O/c1-14(8-6-13-7-8)11-4-3-9(15-2)5-10(11)12/h3-5,8,13H,6-7H2,1-2H3. The van der Waals surface area contributed by atoms with Gasteiger partial charge in [0, 0.05) is 26.2 Å². The van der Waals surface area contributed by atoms with Gasteiger partial charge in [-0.3, -0.25) is 0 Å². The summed E-state index contributed by atoms with van der Waals surface area (Å²) in [5.41, 5.74) is 1.06. The van der Waals surface area contributed by atoms with Gasteiger partial charge in [0.15, 0.2) is 0 Å².